The largest absolute Gasteiger partial charge is 0.384 e. The van der Waals surface area contributed by atoms with Crippen LogP contribution < -0.4 is 0 Å². The van der Waals surface area contributed by atoms with Gasteiger partial charge < -0.3 is 5.11 Å². The number of hydrogen-bond acceptors (Lipinski definition) is 4. The predicted octanol–water partition coefficient (Wildman–Crippen LogP) is 0.804. The molecular weight excluding hydrogens is 180 g/mol. The minimum Gasteiger partial charge on any atom is -0.384 e. The van der Waals surface area contributed by atoms with Gasteiger partial charge in [0.05, 0.1) is 11.8 Å². The molecular formula is C9H12N4O. The second kappa shape index (κ2) is 4.03. The van der Waals surface area contributed by atoms with Crippen molar-refractivity contribution in [3.05, 3.63) is 18.7 Å². The lowest BCUT2D eigenvalue weighted by atomic mass is 9.99. The maximum absolute atomic E-state index is 9.98. The Morgan fingerprint density at radius 3 is 2.93 bits per heavy atom. The van der Waals surface area contributed by atoms with Crippen LogP contribution in [-0.4, -0.2) is 25.5 Å². The molecule has 0 bridgehead atoms. The quantitative estimate of drug-likeness (QED) is 0.719. The van der Waals surface area contributed by atoms with Gasteiger partial charge in [0.25, 0.3) is 0 Å². The summed E-state index contributed by atoms with van der Waals surface area (Å²) in [6.07, 6.45) is 4.59. The Morgan fingerprint density at radius 1 is 1.79 bits per heavy atom. The van der Waals surface area contributed by atoms with Crippen LogP contribution in [0.2, 0.25) is 0 Å². The Hall–Kier alpha value is -1.67. The molecule has 0 aliphatic carbocycles. The first-order valence-corrected chi connectivity index (χ1v) is 4.29. The third-order valence-electron chi connectivity index (χ3n) is 2.11. The van der Waals surface area contributed by atoms with E-state index in [1.165, 1.54) is 23.4 Å². The van der Waals surface area contributed by atoms with E-state index in [0.29, 0.717) is 12.1 Å². The smallest absolute Gasteiger partial charge is 0.138 e. The normalized spacial score (nSPS) is 16.0. The molecule has 0 aliphatic heterocycles. The number of aromatic nitrogens is 3. The van der Waals surface area contributed by atoms with Crippen molar-refractivity contribution >= 4 is 5.70 Å². The van der Waals surface area contributed by atoms with Gasteiger partial charge in [0.2, 0.25) is 0 Å². The van der Waals surface area contributed by atoms with Crippen LogP contribution in [0.15, 0.2) is 18.7 Å². The fourth-order valence-electron chi connectivity index (χ4n) is 1.04. The Kier molecular flexibility index (Phi) is 2.99. The molecule has 74 valence electrons. The molecule has 0 saturated heterocycles. The van der Waals surface area contributed by atoms with Gasteiger partial charge in [-0.05, 0) is 13.3 Å². The van der Waals surface area contributed by atoms with Crippen molar-refractivity contribution in [2.24, 2.45) is 0 Å². The molecule has 1 aromatic rings. The molecule has 1 atom stereocenters. The SMILES string of the molecule is CCC(C)(O)/C(=C/C#N)n1cncn1. The Bertz CT molecular complexity index is 359. The van der Waals surface area contributed by atoms with Crippen molar-refractivity contribution < 1.29 is 5.11 Å². The number of rotatable bonds is 3. The second-order valence-electron chi connectivity index (χ2n) is 3.13. The van der Waals surface area contributed by atoms with Gasteiger partial charge in [-0.15, -0.1) is 0 Å². The molecule has 1 N–H and O–H groups in total. The summed E-state index contributed by atoms with van der Waals surface area (Å²) in [5, 5.41) is 22.4. The molecule has 14 heavy (non-hydrogen) atoms. The van der Waals surface area contributed by atoms with Gasteiger partial charge in [0.15, 0.2) is 0 Å². The molecule has 0 aromatic carbocycles. The van der Waals surface area contributed by atoms with E-state index in [2.05, 4.69) is 10.1 Å². The van der Waals surface area contributed by atoms with Gasteiger partial charge in [0.1, 0.15) is 18.3 Å². The highest BCUT2D eigenvalue weighted by atomic mass is 16.3. The maximum Gasteiger partial charge on any atom is 0.138 e. The molecule has 0 amide bonds. The van der Waals surface area contributed by atoms with Gasteiger partial charge >= 0.3 is 0 Å². The lowest BCUT2D eigenvalue weighted by Crippen LogP contribution is -2.28. The molecule has 0 saturated carbocycles. The lowest BCUT2D eigenvalue weighted by Gasteiger charge is -2.23. The summed E-state index contributed by atoms with van der Waals surface area (Å²) < 4.78 is 1.40. The lowest BCUT2D eigenvalue weighted by molar-refractivity contribution is 0.111. The zero-order chi connectivity index (χ0) is 10.6. The van der Waals surface area contributed by atoms with E-state index in [9.17, 15) is 5.11 Å². The van der Waals surface area contributed by atoms with E-state index in [0.717, 1.165) is 0 Å². The van der Waals surface area contributed by atoms with Crippen LogP contribution in [-0.2, 0) is 0 Å². The molecule has 1 heterocycles. The van der Waals surface area contributed by atoms with Crippen molar-refractivity contribution in [1.29, 1.82) is 5.26 Å². The van der Waals surface area contributed by atoms with Gasteiger partial charge in [-0.25, -0.2) is 9.67 Å². The van der Waals surface area contributed by atoms with Gasteiger partial charge in [-0.2, -0.15) is 10.4 Å². The minimum atomic E-state index is -1.07. The second-order valence-corrected chi connectivity index (χ2v) is 3.13. The number of nitrogens with zero attached hydrogens (tertiary/aromatic N) is 4. The number of aliphatic hydroxyl groups is 1. The van der Waals surface area contributed by atoms with Gasteiger partial charge in [-0.1, -0.05) is 6.92 Å². The number of allylic oxidation sites excluding steroid dienone is 1. The summed E-state index contributed by atoms with van der Waals surface area (Å²) in [6, 6.07) is 1.89. The average Bonchev–Trinajstić information content (AvgIpc) is 2.66. The number of nitriles is 1. The first-order chi connectivity index (χ1) is 6.61. The summed E-state index contributed by atoms with van der Waals surface area (Å²) in [6.45, 7) is 3.47. The van der Waals surface area contributed by atoms with Crippen molar-refractivity contribution in [1.82, 2.24) is 14.8 Å². The summed E-state index contributed by atoms with van der Waals surface area (Å²) >= 11 is 0. The third kappa shape index (κ3) is 1.98. The van der Waals surface area contributed by atoms with Crippen molar-refractivity contribution in [3.8, 4) is 6.07 Å². The third-order valence-corrected chi connectivity index (χ3v) is 2.11. The highest BCUT2D eigenvalue weighted by Crippen LogP contribution is 2.23. The molecule has 0 fully saturated rings. The van der Waals surface area contributed by atoms with E-state index in [-0.39, 0.29) is 0 Å². The minimum absolute atomic E-state index is 0.431. The van der Waals surface area contributed by atoms with Gasteiger partial charge in [0, 0.05) is 6.08 Å². The van der Waals surface area contributed by atoms with Crippen LogP contribution in [0.3, 0.4) is 0 Å². The molecule has 0 spiro atoms. The van der Waals surface area contributed by atoms with Crippen LogP contribution in [0.5, 0.6) is 0 Å². The molecule has 1 unspecified atom stereocenters. The average molecular weight is 192 g/mol. The molecule has 0 radical (unpaired) electrons. The molecule has 0 aliphatic rings. The Balaban J connectivity index is 3.12. The van der Waals surface area contributed by atoms with E-state index < -0.39 is 5.60 Å². The van der Waals surface area contributed by atoms with E-state index in [4.69, 9.17) is 5.26 Å². The van der Waals surface area contributed by atoms with Crippen LogP contribution in [0.25, 0.3) is 5.70 Å². The highest BCUT2D eigenvalue weighted by Gasteiger charge is 2.25. The summed E-state index contributed by atoms with van der Waals surface area (Å²) in [7, 11) is 0. The Morgan fingerprint density at radius 2 is 2.50 bits per heavy atom. The summed E-state index contributed by atoms with van der Waals surface area (Å²) in [4.78, 5) is 3.76. The monoisotopic (exact) mass is 192 g/mol. The van der Waals surface area contributed by atoms with Crippen LogP contribution >= 0.6 is 0 Å². The van der Waals surface area contributed by atoms with E-state index in [1.54, 1.807) is 6.92 Å². The van der Waals surface area contributed by atoms with Crippen molar-refractivity contribution in [2.75, 3.05) is 0 Å². The highest BCUT2D eigenvalue weighted by molar-refractivity contribution is 5.55. The van der Waals surface area contributed by atoms with Crippen LogP contribution in [0.1, 0.15) is 20.3 Å². The molecule has 1 rings (SSSR count). The van der Waals surface area contributed by atoms with Crippen molar-refractivity contribution in [3.63, 3.8) is 0 Å². The number of hydrogen-bond donors (Lipinski definition) is 1. The van der Waals surface area contributed by atoms with Crippen LogP contribution in [0, 0.1) is 11.3 Å². The first kappa shape index (κ1) is 10.4. The molecule has 5 heteroatoms. The van der Waals surface area contributed by atoms with E-state index >= 15 is 0 Å². The van der Waals surface area contributed by atoms with E-state index in [1.807, 2.05) is 13.0 Å². The standard InChI is InChI=1S/C9H12N4O/c1-3-9(2,14)8(4-5-10)13-7-11-6-12-13/h4,6-7,14H,3H2,1-2H3/b8-4-. The maximum atomic E-state index is 9.98. The first-order valence-electron chi connectivity index (χ1n) is 4.29. The topological polar surface area (TPSA) is 74.7 Å². The summed E-state index contributed by atoms with van der Waals surface area (Å²) in [5.41, 5.74) is -0.635. The zero-order valence-electron chi connectivity index (χ0n) is 8.18. The molecule has 1 aromatic heterocycles. The zero-order valence-corrected chi connectivity index (χ0v) is 8.18. The fraction of sp³-hybridized carbons (Fsp3) is 0.444. The predicted molar refractivity (Wildman–Crippen MR) is 50.8 cm³/mol. The van der Waals surface area contributed by atoms with Crippen LogP contribution in [0.4, 0.5) is 0 Å². The molecule has 5 nitrogen and oxygen atoms in total. The van der Waals surface area contributed by atoms with Crippen molar-refractivity contribution in [2.45, 2.75) is 25.9 Å². The van der Waals surface area contributed by atoms with Gasteiger partial charge in [-0.3, -0.25) is 0 Å². The Labute approximate surface area is 82.3 Å². The fourth-order valence-corrected chi connectivity index (χ4v) is 1.04. The summed E-state index contributed by atoms with van der Waals surface area (Å²) in [5.74, 6) is 0.